The minimum atomic E-state index is -0.750. The quantitative estimate of drug-likeness (QED) is 0.770. The Labute approximate surface area is 143 Å². The second-order valence-electron chi connectivity index (χ2n) is 7.42. The molecule has 2 aromatic rings. The fourth-order valence-corrected chi connectivity index (χ4v) is 3.29. The Hall–Kier alpha value is -1.57. The van der Waals surface area contributed by atoms with Crippen LogP contribution in [-0.2, 0) is 0 Å². The van der Waals surface area contributed by atoms with Crippen molar-refractivity contribution in [2.45, 2.75) is 52.5 Å². The second kappa shape index (κ2) is 7.55. The van der Waals surface area contributed by atoms with Crippen molar-refractivity contribution in [3.63, 3.8) is 0 Å². The van der Waals surface area contributed by atoms with Crippen molar-refractivity contribution in [2.75, 3.05) is 19.9 Å². The predicted octanol–water partition coefficient (Wildman–Crippen LogP) is 1.59. The molecule has 1 fully saturated rings. The zero-order chi connectivity index (χ0) is 17.9. The zero-order valence-corrected chi connectivity index (χ0v) is 15.3. The van der Waals surface area contributed by atoms with Crippen LogP contribution in [-0.4, -0.2) is 60.1 Å². The van der Waals surface area contributed by atoms with E-state index in [1.807, 2.05) is 11.4 Å². The fraction of sp³-hybridized carbons (Fsp3) is 0.706. The van der Waals surface area contributed by atoms with E-state index in [9.17, 15) is 0 Å². The normalized spacial score (nSPS) is 22.3. The Morgan fingerprint density at radius 3 is 2.58 bits per heavy atom. The van der Waals surface area contributed by atoms with E-state index in [4.69, 9.17) is 10.2 Å². The molecule has 0 radical (unpaired) electrons. The SMILES string of the molecule is Cc1cc(C2CN(C(C)(C)C)CC[C@H]2C)n2ncnc2n1.OCO. The van der Waals surface area contributed by atoms with Crippen LogP contribution < -0.4 is 0 Å². The second-order valence-corrected chi connectivity index (χ2v) is 7.42. The molecule has 2 N–H and O–H groups in total. The number of aromatic nitrogens is 4. The number of aryl methyl sites for hydroxylation is 1. The van der Waals surface area contributed by atoms with E-state index in [-0.39, 0.29) is 5.54 Å². The molecule has 7 heteroatoms. The summed E-state index contributed by atoms with van der Waals surface area (Å²) in [6.45, 7) is 12.8. The molecule has 1 unspecified atom stereocenters. The maximum absolute atomic E-state index is 7.12. The Morgan fingerprint density at radius 1 is 1.29 bits per heavy atom. The van der Waals surface area contributed by atoms with Crippen LogP contribution in [0.1, 0.15) is 51.4 Å². The summed E-state index contributed by atoms with van der Waals surface area (Å²) in [6, 6.07) is 2.18. The first-order valence-electron chi connectivity index (χ1n) is 8.42. The summed E-state index contributed by atoms with van der Waals surface area (Å²) in [5.74, 6) is 1.84. The number of hydrogen-bond donors (Lipinski definition) is 2. The van der Waals surface area contributed by atoms with Crippen molar-refractivity contribution in [3.05, 3.63) is 23.8 Å². The Bertz CT molecular complexity index is 665. The monoisotopic (exact) mass is 335 g/mol. The van der Waals surface area contributed by atoms with Crippen LogP contribution in [0.25, 0.3) is 5.78 Å². The lowest BCUT2D eigenvalue weighted by atomic mass is 9.82. The van der Waals surface area contributed by atoms with Gasteiger partial charge in [-0.3, -0.25) is 4.90 Å². The van der Waals surface area contributed by atoms with Crippen LogP contribution in [0.3, 0.4) is 0 Å². The summed E-state index contributed by atoms with van der Waals surface area (Å²) in [7, 11) is 0. The van der Waals surface area contributed by atoms with Gasteiger partial charge in [-0.1, -0.05) is 6.92 Å². The van der Waals surface area contributed by atoms with Gasteiger partial charge in [0.05, 0.1) is 5.69 Å². The van der Waals surface area contributed by atoms with Crippen molar-refractivity contribution in [1.82, 2.24) is 24.5 Å². The van der Waals surface area contributed by atoms with Crippen molar-refractivity contribution in [1.29, 1.82) is 0 Å². The molecule has 1 aliphatic rings. The largest absolute Gasteiger partial charge is 0.371 e. The highest BCUT2D eigenvalue weighted by Crippen LogP contribution is 2.34. The highest BCUT2D eigenvalue weighted by atomic mass is 16.5. The number of likely N-dealkylation sites (tertiary alicyclic amines) is 1. The lowest BCUT2D eigenvalue weighted by Gasteiger charge is -2.44. The zero-order valence-electron chi connectivity index (χ0n) is 15.3. The van der Waals surface area contributed by atoms with Crippen molar-refractivity contribution in [2.24, 2.45) is 5.92 Å². The summed E-state index contributed by atoms with van der Waals surface area (Å²) in [6.07, 6.45) is 2.82. The maximum atomic E-state index is 7.12. The number of rotatable bonds is 1. The Morgan fingerprint density at radius 2 is 1.96 bits per heavy atom. The molecule has 2 atom stereocenters. The van der Waals surface area contributed by atoms with Crippen LogP contribution in [0.15, 0.2) is 12.4 Å². The predicted molar refractivity (Wildman–Crippen MR) is 92.7 cm³/mol. The average Bonchev–Trinajstić information content (AvgIpc) is 2.94. The summed E-state index contributed by atoms with van der Waals surface area (Å²) in [5.41, 5.74) is 2.48. The number of fused-ring (bicyclic) bond motifs is 1. The molecular weight excluding hydrogens is 306 g/mol. The molecule has 0 saturated carbocycles. The lowest BCUT2D eigenvalue weighted by Crippen LogP contribution is -2.49. The first-order valence-corrected chi connectivity index (χ1v) is 8.42. The number of hydrogen-bond acceptors (Lipinski definition) is 6. The molecule has 0 aromatic carbocycles. The van der Waals surface area contributed by atoms with Gasteiger partial charge >= 0.3 is 0 Å². The Kier molecular flexibility index (Phi) is 5.90. The molecule has 7 nitrogen and oxygen atoms in total. The summed E-state index contributed by atoms with van der Waals surface area (Å²) in [5, 5.41) is 18.6. The van der Waals surface area contributed by atoms with Gasteiger partial charge in [-0.2, -0.15) is 10.1 Å². The third kappa shape index (κ3) is 4.09. The first-order chi connectivity index (χ1) is 11.3. The summed E-state index contributed by atoms with van der Waals surface area (Å²) >= 11 is 0. The van der Waals surface area contributed by atoms with Gasteiger partial charge in [0.2, 0.25) is 0 Å². The van der Waals surface area contributed by atoms with Gasteiger partial charge < -0.3 is 10.2 Å². The van der Waals surface area contributed by atoms with E-state index in [0.29, 0.717) is 17.6 Å². The number of piperidine rings is 1. The van der Waals surface area contributed by atoms with E-state index in [2.05, 4.69) is 53.7 Å². The molecule has 0 spiro atoms. The number of aliphatic hydroxyl groups is 2. The Balaban J connectivity index is 0.000000647. The summed E-state index contributed by atoms with van der Waals surface area (Å²) in [4.78, 5) is 11.3. The highest BCUT2D eigenvalue weighted by molar-refractivity contribution is 5.32. The standard InChI is InChI=1S/C16H25N5.CH4O2/c1-11-6-7-20(16(3,4)5)9-13(11)14-8-12(2)19-15-17-10-18-21(14)15;2-1-3/h8,10-11,13H,6-7,9H2,1-5H3;2-3H,1H2/t11-,13?;/m1./s1. The van der Waals surface area contributed by atoms with Gasteiger partial charge in [0, 0.05) is 23.7 Å². The van der Waals surface area contributed by atoms with Crippen molar-refractivity contribution in [3.8, 4) is 0 Å². The van der Waals surface area contributed by atoms with Gasteiger partial charge in [0.25, 0.3) is 5.78 Å². The van der Waals surface area contributed by atoms with E-state index in [1.54, 1.807) is 6.33 Å². The van der Waals surface area contributed by atoms with Crippen LogP contribution in [0.2, 0.25) is 0 Å². The van der Waals surface area contributed by atoms with Gasteiger partial charge in [-0.05, 0) is 52.6 Å². The average molecular weight is 335 g/mol. The van der Waals surface area contributed by atoms with E-state index >= 15 is 0 Å². The molecule has 0 amide bonds. The van der Waals surface area contributed by atoms with Crippen molar-refractivity contribution < 1.29 is 10.2 Å². The third-order valence-electron chi connectivity index (χ3n) is 4.69. The molecule has 0 bridgehead atoms. The molecule has 3 heterocycles. The topological polar surface area (TPSA) is 86.8 Å². The van der Waals surface area contributed by atoms with E-state index in [0.717, 1.165) is 12.2 Å². The van der Waals surface area contributed by atoms with Crippen LogP contribution in [0.4, 0.5) is 0 Å². The molecule has 134 valence electrons. The van der Waals surface area contributed by atoms with Crippen LogP contribution >= 0.6 is 0 Å². The molecule has 1 aliphatic heterocycles. The molecule has 24 heavy (non-hydrogen) atoms. The molecule has 3 rings (SSSR count). The smallest absolute Gasteiger partial charge is 0.252 e. The van der Waals surface area contributed by atoms with Gasteiger partial charge in [0.1, 0.15) is 13.1 Å². The number of aliphatic hydroxyl groups excluding tert-OH is 1. The van der Waals surface area contributed by atoms with Crippen LogP contribution in [0, 0.1) is 12.8 Å². The molecule has 2 aromatic heterocycles. The van der Waals surface area contributed by atoms with Crippen LogP contribution in [0.5, 0.6) is 0 Å². The van der Waals surface area contributed by atoms with Gasteiger partial charge in [-0.15, -0.1) is 0 Å². The molecule has 1 saturated heterocycles. The third-order valence-corrected chi connectivity index (χ3v) is 4.69. The summed E-state index contributed by atoms with van der Waals surface area (Å²) < 4.78 is 1.92. The van der Waals surface area contributed by atoms with Gasteiger partial charge in [-0.25, -0.2) is 9.50 Å². The van der Waals surface area contributed by atoms with E-state index in [1.165, 1.54) is 18.7 Å². The minimum absolute atomic E-state index is 0.210. The minimum Gasteiger partial charge on any atom is -0.371 e. The van der Waals surface area contributed by atoms with E-state index < -0.39 is 6.79 Å². The highest BCUT2D eigenvalue weighted by Gasteiger charge is 2.34. The molecular formula is C17H29N5O2. The first kappa shape index (κ1) is 18.8. The number of nitrogens with zero attached hydrogens (tertiary/aromatic N) is 5. The van der Waals surface area contributed by atoms with Gasteiger partial charge in [0.15, 0.2) is 0 Å². The fourth-order valence-electron chi connectivity index (χ4n) is 3.29. The molecule has 0 aliphatic carbocycles. The maximum Gasteiger partial charge on any atom is 0.252 e. The van der Waals surface area contributed by atoms with Crippen molar-refractivity contribution >= 4 is 5.78 Å². The lowest BCUT2D eigenvalue weighted by molar-refractivity contribution is 0.0748.